The van der Waals surface area contributed by atoms with Gasteiger partial charge in [0.15, 0.2) is 5.69 Å². The van der Waals surface area contributed by atoms with Crippen LogP contribution < -0.4 is 10.6 Å². The second kappa shape index (κ2) is 7.53. The highest BCUT2D eigenvalue weighted by molar-refractivity contribution is 6.02. The monoisotopic (exact) mass is 386 g/mol. The fourth-order valence-electron chi connectivity index (χ4n) is 6.26. The first kappa shape index (κ1) is 19.5. The first-order chi connectivity index (χ1) is 13.4. The van der Waals surface area contributed by atoms with Crippen molar-refractivity contribution in [1.29, 1.82) is 0 Å². The molecular weight excluding hydrogens is 352 g/mol. The molecule has 4 bridgehead atoms. The summed E-state index contributed by atoms with van der Waals surface area (Å²) in [6.45, 7) is 7.34. The van der Waals surface area contributed by atoms with Crippen LogP contribution in [0.15, 0.2) is 6.20 Å². The van der Waals surface area contributed by atoms with Crippen LogP contribution in [0.3, 0.4) is 0 Å². The highest BCUT2D eigenvalue weighted by atomic mass is 16.2. The van der Waals surface area contributed by atoms with Crippen molar-refractivity contribution < 1.29 is 9.59 Å². The molecule has 6 heteroatoms. The number of carbonyl (C=O) groups is 2. The molecule has 5 rings (SSSR count). The number of aromatic nitrogens is 2. The lowest BCUT2D eigenvalue weighted by Crippen LogP contribution is -2.47. The zero-order valence-electron chi connectivity index (χ0n) is 17.5. The van der Waals surface area contributed by atoms with Gasteiger partial charge in [-0.1, -0.05) is 13.8 Å². The lowest BCUT2D eigenvalue weighted by Gasteiger charge is -2.56. The van der Waals surface area contributed by atoms with Crippen LogP contribution in [-0.2, 0) is 11.3 Å². The van der Waals surface area contributed by atoms with Crippen molar-refractivity contribution in [1.82, 2.24) is 15.1 Å². The summed E-state index contributed by atoms with van der Waals surface area (Å²) in [6.07, 6.45) is 10.1. The zero-order valence-corrected chi connectivity index (χ0v) is 17.5. The van der Waals surface area contributed by atoms with E-state index in [1.54, 1.807) is 10.9 Å². The Hall–Kier alpha value is -1.85. The van der Waals surface area contributed by atoms with E-state index in [4.69, 9.17) is 0 Å². The van der Waals surface area contributed by atoms with Crippen molar-refractivity contribution >= 4 is 17.5 Å². The summed E-state index contributed by atoms with van der Waals surface area (Å²) in [5.74, 6) is 2.69. The quantitative estimate of drug-likeness (QED) is 0.748. The van der Waals surface area contributed by atoms with Crippen molar-refractivity contribution in [2.75, 3.05) is 11.9 Å². The molecule has 1 aromatic heterocycles. The van der Waals surface area contributed by atoms with Crippen LogP contribution in [0.1, 0.15) is 76.2 Å². The summed E-state index contributed by atoms with van der Waals surface area (Å²) >= 11 is 0. The van der Waals surface area contributed by atoms with E-state index >= 15 is 0 Å². The largest absolute Gasteiger partial charge is 0.350 e. The molecule has 0 unspecified atom stereocenters. The van der Waals surface area contributed by atoms with E-state index in [0.29, 0.717) is 36.8 Å². The first-order valence-corrected chi connectivity index (χ1v) is 11.0. The molecule has 1 aromatic rings. The number of nitrogens with zero attached hydrogens (tertiary/aromatic N) is 2. The maximum absolute atomic E-state index is 13.0. The Bertz CT molecular complexity index is 716. The SMILES string of the molecule is CCn1cc(NC(=O)CC23CC4CC(CC(C4)C2)C3)c(C(=O)NCC(C)C)n1. The van der Waals surface area contributed by atoms with Crippen LogP contribution in [0.4, 0.5) is 5.69 Å². The Balaban J connectivity index is 1.44. The average molecular weight is 387 g/mol. The topological polar surface area (TPSA) is 76.0 Å². The van der Waals surface area contributed by atoms with Gasteiger partial charge in [-0.3, -0.25) is 14.3 Å². The first-order valence-electron chi connectivity index (χ1n) is 11.0. The molecule has 6 nitrogen and oxygen atoms in total. The van der Waals surface area contributed by atoms with Crippen molar-refractivity contribution in [3.05, 3.63) is 11.9 Å². The predicted octanol–water partition coefficient (Wildman–Crippen LogP) is 3.83. The van der Waals surface area contributed by atoms with Gasteiger partial charge in [0, 0.05) is 25.7 Å². The summed E-state index contributed by atoms with van der Waals surface area (Å²) < 4.78 is 1.71. The molecule has 0 spiro atoms. The normalized spacial score (nSPS) is 30.6. The number of hydrogen-bond acceptors (Lipinski definition) is 3. The minimum atomic E-state index is -0.217. The summed E-state index contributed by atoms with van der Waals surface area (Å²) in [7, 11) is 0. The lowest BCUT2D eigenvalue weighted by atomic mass is 9.49. The van der Waals surface area contributed by atoms with Crippen molar-refractivity contribution in [3.8, 4) is 0 Å². The van der Waals surface area contributed by atoms with E-state index in [1.165, 1.54) is 38.5 Å². The summed E-state index contributed by atoms with van der Waals surface area (Å²) in [5.41, 5.74) is 1.05. The van der Waals surface area contributed by atoms with Gasteiger partial charge in [-0.15, -0.1) is 0 Å². The van der Waals surface area contributed by atoms with Gasteiger partial charge >= 0.3 is 0 Å². The standard InChI is InChI=1S/C22H34N4O2/c1-4-26-13-18(20(25-26)21(28)23-12-14(2)3)24-19(27)11-22-8-15-5-16(9-22)7-17(6-15)10-22/h13-17H,4-12H2,1-3H3,(H,23,28)(H,24,27). The van der Waals surface area contributed by atoms with E-state index in [2.05, 4.69) is 29.6 Å². The molecule has 1 heterocycles. The molecular formula is C22H34N4O2. The molecule has 28 heavy (non-hydrogen) atoms. The molecule has 0 saturated heterocycles. The molecule has 4 aliphatic carbocycles. The van der Waals surface area contributed by atoms with Crippen LogP contribution in [-0.4, -0.2) is 28.1 Å². The molecule has 4 aliphatic rings. The zero-order chi connectivity index (χ0) is 19.9. The van der Waals surface area contributed by atoms with E-state index in [1.807, 2.05) is 6.92 Å². The van der Waals surface area contributed by atoms with E-state index in [9.17, 15) is 9.59 Å². The fraction of sp³-hybridized carbons (Fsp3) is 0.773. The average Bonchev–Trinajstić information content (AvgIpc) is 3.00. The van der Waals surface area contributed by atoms with Gasteiger partial charge in [-0.05, 0) is 74.5 Å². The van der Waals surface area contributed by atoms with Crippen molar-refractivity contribution in [2.45, 2.75) is 72.3 Å². The summed E-state index contributed by atoms with van der Waals surface area (Å²) in [6, 6.07) is 0. The van der Waals surface area contributed by atoms with Gasteiger partial charge in [-0.25, -0.2) is 0 Å². The van der Waals surface area contributed by atoms with Crippen LogP contribution >= 0.6 is 0 Å². The molecule has 4 fully saturated rings. The second-order valence-corrected chi connectivity index (χ2v) is 9.99. The number of rotatable bonds is 7. The van der Waals surface area contributed by atoms with Crippen molar-refractivity contribution in [3.63, 3.8) is 0 Å². The third kappa shape index (κ3) is 3.96. The van der Waals surface area contributed by atoms with Gasteiger partial charge in [0.2, 0.25) is 5.91 Å². The minimum Gasteiger partial charge on any atom is -0.350 e. The highest BCUT2D eigenvalue weighted by Crippen LogP contribution is 2.61. The molecule has 0 aromatic carbocycles. The molecule has 2 amide bonds. The van der Waals surface area contributed by atoms with E-state index in [-0.39, 0.29) is 17.2 Å². The summed E-state index contributed by atoms with van der Waals surface area (Å²) in [5, 5.41) is 10.3. The number of nitrogens with one attached hydrogen (secondary N) is 2. The van der Waals surface area contributed by atoms with Gasteiger partial charge in [0.05, 0.1) is 5.69 Å². The van der Waals surface area contributed by atoms with Gasteiger partial charge in [0.1, 0.15) is 0 Å². The molecule has 4 saturated carbocycles. The number of aryl methyl sites for hydroxylation is 1. The van der Waals surface area contributed by atoms with Crippen LogP contribution in [0.2, 0.25) is 0 Å². The van der Waals surface area contributed by atoms with Crippen LogP contribution in [0, 0.1) is 29.1 Å². The third-order valence-electron chi connectivity index (χ3n) is 6.95. The Labute approximate surface area is 167 Å². The molecule has 0 atom stereocenters. The van der Waals surface area contributed by atoms with Gasteiger partial charge in [-0.2, -0.15) is 5.10 Å². The number of amides is 2. The van der Waals surface area contributed by atoms with E-state index < -0.39 is 0 Å². The van der Waals surface area contributed by atoms with Gasteiger partial charge < -0.3 is 10.6 Å². The molecule has 2 N–H and O–H groups in total. The number of carbonyl (C=O) groups excluding carboxylic acids is 2. The van der Waals surface area contributed by atoms with E-state index in [0.717, 1.165) is 17.8 Å². The van der Waals surface area contributed by atoms with Gasteiger partial charge in [0.25, 0.3) is 5.91 Å². The van der Waals surface area contributed by atoms with Crippen LogP contribution in [0.25, 0.3) is 0 Å². The Morgan fingerprint density at radius 3 is 2.32 bits per heavy atom. The van der Waals surface area contributed by atoms with Crippen molar-refractivity contribution in [2.24, 2.45) is 29.1 Å². The third-order valence-corrected chi connectivity index (χ3v) is 6.95. The maximum atomic E-state index is 13.0. The molecule has 0 radical (unpaired) electrons. The maximum Gasteiger partial charge on any atom is 0.273 e. The second-order valence-electron chi connectivity index (χ2n) is 9.99. The minimum absolute atomic E-state index is 0.0375. The predicted molar refractivity (Wildman–Crippen MR) is 109 cm³/mol. The number of hydrogen-bond donors (Lipinski definition) is 2. The lowest BCUT2D eigenvalue weighted by molar-refractivity contribution is -0.124. The number of anilines is 1. The molecule has 0 aliphatic heterocycles. The molecule has 154 valence electrons. The smallest absolute Gasteiger partial charge is 0.273 e. The Morgan fingerprint density at radius 2 is 1.79 bits per heavy atom. The van der Waals surface area contributed by atoms with Crippen LogP contribution in [0.5, 0.6) is 0 Å². The Morgan fingerprint density at radius 1 is 1.18 bits per heavy atom. The summed E-state index contributed by atoms with van der Waals surface area (Å²) in [4.78, 5) is 25.5. The Kier molecular flexibility index (Phi) is 5.23. The highest BCUT2D eigenvalue weighted by Gasteiger charge is 2.51. The fourth-order valence-corrected chi connectivity index (χ4v) is 6.26.